The molecule has 0 bridgehead atoms. The zero-order chi connectivity index (χ0) is 19.3. The number of carbonyl (C=O) groups excluding carboxylic acids is 1. The topological polar surface area (TPSA) is 77.6 Å². The van der Waals surface area contributed by atoms with Gasteiger partial charge in [-0.3, -0.25) is 4.79 Å². The molecule has 1 aromatic heterocycles. The van der Waals surface area contributed by atoms with Gasteiger partial charge < -0.3 is 25.0 Å². The zero-order valence-electron chi connectivity index (χ0n) is 16.1. The lowest BCUT2D eigenvalue weighted by Crippen LogP contribution is -2.44. The molecule has 0 aliphatic heterocycles. The van der Waals surface area contributed by atoms with Gasteiger partial charge in [0.1, 0.15) is 24.2 Å². The molecule has 3 N–H and O–H groups in total. The maximum Gasteiger partial charge on any atom is 0.269 e. The molecule has 0 radical (unpaired) electrons. The Morgan fingerprint density at radius 2 is 2.19 bits per heavy atom. The zero-order valence-corrected chi connectivity index (χ0v) is 16.9. The summed E-state index contributed by atoms with van der Waals surface area (Å²) in [5.41, 5.74) is 1.35. The van der Waals surface area contributed by atoms with Crippen LogP contribution in [0.15, 0.2) is 24.3 Å². The number of amides is 1. The molecule has 2 aromatic rings. The Hall–Kier alpha value is -1.70. The number of aromatic nitrogens is 1. The maximum absolute atomic E-state index is 12.1. The predicted molar refractivity (Wildman–Crippen MR) is 108 cm³/mol. The largest absolute Gasteiger partial charge is 0.490 e. The fraction of sp³-hybridized carbons (Fsp3) is 0.526. The first-order valence-corrected chi connectivity index (χ1v) is 9.96. The molecule has 6 nitrogen and oxygen atoms in total. The molecule has 0 fully saturated rings. The lowest BCUT2D eigenvalue weighted by atomic mass is 10.2. The molecule has 0 aliphatic rings. The van der Waals surface area contributed by atoms with Gasteiger partial charge in [-0.2, -0.15) is 0 Å². The molecule has 0 saturated carbocycles. The van der Waals surface area contributed by atoms with Crippen molar-refractivity contribution < 1.29 is 14.6 Å². The minimum Gasteiger partial charge on any atom is -0.490 e. The number of carbonyl (C=O) groups is 1. The number of thioether (sulfide) groups is 1. The van der Waals surface area contributed by atoms with Crippen LogP contribution in [0.2, 0.25) is 0 Å². The maximum atomic E-state index is 12.1. The van der Waals surface area contributed by atoms with Crippen LogP contribution < -0.4 is 10.1 Å². The summed E-state index contributed by atoms with van der Waals surface area (Å²) in [5.74, 6) is 0.561. The van der Waals surface area contributed by atoms with E-state index in [-0.39, 0.29) is 17.4 Å². The molecule has 0 spiro atoms. The number of hydrogen-bond donors (Lipinski definition) is 3. The van der Waals surface area contributed by atoms with E-state index in [9.17, 15) is 9.90 Å². The highest BCUT2D eigenvalue weighted by molar-refractivity contribution is 7.99. The Kier molecular flexibility index (Phi) is 6.97. The fourth-order valence-corrected chi connectivity index (χ4v) is 3.05. The molecule has 1 amide bonds. The van der Waals surface area contributed by atoms with Crippen molar-refractivity contribution in [3.8, 4) is 5.75 Å². The number of benzene rings is 1. The summed E-state index contributed by atoms with van der Waals surface area (Å²) in [6.45, 7) is 4.88. The van der Waals surface area contributed by atoms with Gasteiger partial charge in [-0.15, -0.1) is 11.8 Å². The van der Waals surface area contributed by atoms with Crippen molar-refractivity contribution in [2.24, 2.45) is 0 Å². The molecule has 7 heteroatoms. The van der Waals surface area contributed by atoms with Crippen molar-refractivity contribution in [2.75, 3.05) is 33.5 Å². The van der Waals surface area contributed by atoms with Gasteiger partial charge in [0.05, 0.1) is 4.87 Å². The van der Waals surface area contributed by atoms with E-state index in [2.05, 4.69) is 30.4 Å². The van der Waals surface area contributed by atoms with E-state index in [0.717, 1.165) is 17.3 Å². The van der Waals surface area contributed by atoms with Crippen LogP contribution in [0.3, 0.4) is 0 Å². The summed E-state index contributed by atoms with van der Waals surface area (Å²) in [7, 11) is 3.43. The Morgan fingerprint density at radius 1 is 1.46 bits per heavy atom. The highest BCUT2D eigenvalue weighted by atomic mass is 32.2. The van der Waals surface area contributed by atoms with E-state index in [1.54, 1.807) is 31.9 Å². The number of aliphatic hydroxyl groups is 1. The van der Waals surface area contributed by atoms with E-state index in [1.165, 1.54) is 4.90 Å². The molecule has 0 aliphatic carbocycles. The smallest absolute Gasteiger partial charge is 0.269 e. The first-order chi connectivity index (χ1) is 12.3. The van der Waals surface area contributed by atoms with Gasteiger partial charge in [0.15, 0.2) is 0 Å². The Bertz CT molecular complexity index is 741. The number of aliphatic hydroxyl groups excluding tert-OH is 1. The van der Waals surface area contributed by atoms with Crippen LogP contribution in [-0.4, -0.2) is 65.4 Å². The molecule has 2 unspecified atom stereocenters. The summed E-state index contributed by atoms with van der Waals surface area (Å²) in [4.78, 5) is 16.7. The molecule has 0 saturated heterocycles. The van der Waals surface area contributed by atoms with Gasteiger partial charge in [-0.05, 0) is 37.8 Å². The van der Waals surface area contributed by atoms with Crippen LogP contribution in [0.5, 0.6) is 5.75 Å². The number of nitrogens with zero attached hydrogens (tertiary/aromatic N) is 1. The second kappa shape index (κ2) is 8.79. The van der Waals surface area contributed by atoms with Crippen molar-refractivity contribution in [2.45, 2.75) is 31.2 Å². The van der Waals surface area contributed by atoms with E-state index < -0.39 is 6.10 Å². The van der Waals surface area contributed by atoms with Crippen LogP contribution in [-0.2, 0) is 0 Å². The first-order valence-electron chi connectivity index (χ1n) is 8.74. The Labute approximate surface area is 159 Å². The number of H-pyrrole nitrogens is 1. The van der Waals surface area contributed by atoms with Crippen molar-refractivity contribution in [3.05, 3.63) is 30.0 Å². The Morgan fingerprint density at radius 3 is 2.81 bits per heavy atom. The average Bonchev–Trinajstić information content (AvgIpc) is 3.08. The van der Waals surface area contributed by atoms with E-state index in [0.29, 0.717) is 18.0 Å². The van der Waals surface area contributed by atoms with Crippen LogP contribution >= 0.6 is 11.8 Å². The third-order valence-electron chi connectivity index (χ3n) is 4.53. The van der Waals surface area contributed by atoms with Gasteiger partial charge >= 0.3 is 0 Å². The van der Waals surface area contributed by atoms with E-state index >= 15 is 0 Å². The monoisotopic (exact) mass is 379 g/mol. The van der Waals surface area contributed by atoms with E-state index in [1.807, 2.05) is 18.2 Å². The second-order valence-electron chi connectivity index (χ2n) is 6.73. The quantitative estimate of drug-likeness (QED) is 0.584. The molecule has 2 rings (SSSR count). The first kappa shape index (κ1) is 20.6. The molecular weight excluding hydrogens is 350 g/mol. The van der Waals surface area contributed by atoms with Gasteiger partial charge in [0.2, 0.25) is 0 Å². The molecule has 2 atom stereocenters. The predicted octanol–water partition coefficient (Wildman–Crippen LogP) is 2.69. The summed E-state index contributed by atoms with van der Waals surface area (Å²) >= 11 is 1.74. The van der Waals surface area contributed by atoms with Crippen LogP contribution in [0.25, 0.3) is 10.9 Å². The minimum atomic E-state index is -0.620. The SMILES string of the molecule is CCC(C)(NCC(O)COc1cccc2[nH]c(C(=O)N(C)C)cc12)SC. The van der Waals surface area contributed by atoms with Crippen LogP contribution in [0, 0.1) is 0 Å². The van der Waals surface area contributed by atoms with Crippen molar-refractivity contribution >= 4 is 28.6 Å². The second-order valence-corrected chi connectivity index (χ2v) is 8.04. The van der Waals surface area contributed by atoms with Crippen molar-refractivity contribution in [1.29, 1.82) is 0 Å². The summed E-state index contributed by atoms with van der Waals surface area (Å²) < 4.78 is 5.83. The van der Waals surface area contributed by atoms with Crippen LogP contribution in [0.1, 0.15) is 30.8 Å². The number of rotatable bonds is 9. The highest BCUT2D eigenvalue weighted by Gasteiger charge is 2.21. The average molecular weight is 380 g/mol. The molecular formula is C19H29N3O3S. The summed E-state index contributed by atoms with van der Waals surface area (Å²) in [5, 5.41) is 14.4. The third-order valence-corrected chi connectivity index (χ3v) is 5.86. The van der Waals surface area contributed by atoms with Gasteiger partial charge in [0.25, 0.3) is 5.91 Å². The lowest BCUT2D eigenvalue weighted by molar-refractivity contribution is 0.0823. The normalized spacial score (nSPS) is 14.8. The Balaban J connectivity index is 2.03. The van der Waals surface area contributed by atoms with E-state index in [4.69, 9.17) is 4.74 Å². The third kappa shape index (κ3) is 4.93. The number of aromatic amines is 1. The number of hydrogen-bond acceptors (Lipinski definition) is 5. The minimum absolute atomic E-state index is 0.0525. The van der Waals surface area contributed by atoms with Crippen LogP contribution in [0.4, 0.5) is 0 Å². The molecule has 144 valence electrons. The molecule has 1 aromatic carbocycles. The highest BCUT2D eigenvalue weighted by Crippen LogP contribution is 2.27. The van der Waals surface area contributed by atoms with Crippen molar-refractivity contribution in [1.82, 2.24) is 15.2 Å². The molecule has 26 heavy (non-hydrogen) atoms. The summed E-state index contributed by atoms with van der Waals surface area (Å²) in [6.07, 6.45) is 2.40. The molecule has 1 heterocycles. The summed E-state index contributed by atoms with van der Waals surface area (Å²) in [6, 6.07) is 7.40. The number of nitrogens with one attached hydrogen (secondary N) is 2. The van der Waals surface area contributed by atoms with Gasteiger partial charge in [-0.1, -0.05) is 13.0 Å². The van der Waals surface area contributed by atoms with Crippen molar-refractivity contribution in [3.63, 3.8) is 0 Å². The lowest BCUT2D eigenvalue weighted by Gasteiger charge is -2.28. The number of fused-ring (bicyclic) bond motifs is 1. The van der Waals surface area contributed by atoms with Gasteiger partial charge in [0, 0.05) is 31.5 Å². The standard InChI is InChI=1S/C19H29N3O3S/c1-6-19(2,26-5)20-11-13(23)12-25-17-9-7-8-15-14(17)10-16(21-15)18(24)22(3)4/h7-10,13,20-21,23H,6,11-12H2,1-5H3. The number of ether oxygens (including phenoxy) is 1. The fourth-order valence-electron chi connectivity index (χ4n) is 2.53. The van der Waals surface area contributed by atoms with Gasteiger partial charge in [-0.25, -0.2) is 0 Å².